The van der Waals surface area contributed by atoms with Gasteiger partial charge in [-0.25, -0.2) is 15.0 Å². The Morgan fingerprint density at radius 2 is 1.15 bits per heavy atom. The van der Waals surface area contributed by atoms with Crippen molar-refractivity contribution in [2.45, 2.75) is 6.54 Å². The van der Waals surface area contributed by atoms with Gasteiger partial charge in [0, 0.05) is 22.3 Å². The summed E-state index contributed by atoms with van der Waals surface area (Å²) < 4.78 is 41.5. The van der Waals surface area contributed by atoms with Gasteiger partial charge in [0.25, 0.3) is 0 Å². The van der Waals surface area contributed by atoms with Gasteiger partial charge < -0.3 is 5.73 Å². The van der Waals surface area contributed by atoms with Crippen molar-refractivity contribution in [3.05, 3.63) is 151 Å². The summed E-state index contributed by atoms with van der Waals surface area (Å²) in [5, 5.41) is 0. The number of rotatable bonds is 7. The van der Waals surface area contributed by atoms with Crippen molar-refractivity contribution < 1.29 is 6.85 Å². The van der Waals surface area contributed by atoms with Crippen LogP contribution in [0, 0.1) is 0 Å². The summed E-state index contributed by atoms with van der Waals surface area (Å²) >= 11 is 0. The van der Waals surface area contributed by atoms with Gasteiger partial charge >= 0.3 is 0 Å². The van der Waals surface area contributed by atoms with Crippen LogP contribution in [0.25, 0.3) is 45.3 Å². The van der Waals surface area contributed by atoms with Crippen LogP contribution in [0.1, 0.15) is 18.0 Å². The van der Waals surface area contributed by atoms with Gasteiger partial charge in [0.05, 0.1) is 13.4 Å². The van der Waals surface area contributed by atoms with Crippen LogP contribution in [0.15, 0.2) is 144 Å². The molecule has 5 nitrogen and oxygen atoms in total. The number of hydrogen-bond acceptors (Lipinski definition) is 4. The Balaban J connectivity index is 1.44. The Hall–Kier alpha value is -5.42. The Morgan fingerprint density at radius 1 is 0.575 bits per heavy atom. The average molecular weight is 523 g/mol. The molecule has 0 aliphatic rings. The molecule has 0 aliphatic heterocycles. The molecule has 0 saturated heterocycles. The fourth-order valence-corrected chi connectivity index (χ4v) is 4.21. The van der Waals surface area contributed by atoms with Crippen LogP contribution in [0.4, 0.5) is 0 Å². The minimum absolute atomic E-state index is 0.0126. The molecule has 192 valence electrons. The van der Waals surface area contributed by atoms with E-state index in [1.807, 2.05) is 109 Å². The van der Waals surface area contributed by atoms with Crippen LogP contribution in [-0.2, 0) is 6.54 Å². The van der Waals surface area contributed by atoms with Gasteiger partial charge in [0.1, 0.15) is 5.84 Å². The number of benzene rings is 5. The fraction of sp³-hybridized carbons (Fsp3) is 0.0286. The highest BCUT2D eigenvalue weighted by molar-refractivity contribution is 5.97. The maximum absolute atomic E-state index is 8.55. The molecule has 0 radical (unpaired) electrons. The first-order chi connectivity index (χ1) is 21.8. The van der Waals surface area contributed by atoms with E-state index in [-0.39, 0.29) is 23.5 Å². The predicted octanol–water partition coefficient (Wildman–Crippen LogP) is 7.45. The van der Waals surface area contributed by atoms with E-state index in [2.05, 4.69) is 15.0 Å². The van der Waals surface area contributed by atoms with Gasteiger partial charge in [0.15, 0.2) is 17.5 Å². The SMILES string of the molecule is [2H]c1c([2H])c([2H])c(-c2nc(-c3ccc(CN=C(N)c4ccccc4)cc3)nc(-c3cccc(-c4ccccc4)c3)n2)c([2H])c1[2H]. The molecule has 0 saturated carbocycles. The zero-order chi connectivity index (χ0) is 31.5. The molecule has 2 N–H and O–H groups in total. The summed E-state index contributed by atoms with van der Waals surface area (Å²) in [5.41, 5.74) is 11.2. The van der Waals surface area contributed by atoms with Gasteiger partial charge in [-0.3, -0.25) is 4.99 Å². The van der Waals surface area contributed by atoms with Gasteiger partial charge in [-0.1, -0.05) is 133 Å². The third kappa shape index (κ3) is 5.69. The summed E-state index contributed by atoms with van der Waals surface area (Å²) in [4.78, 5) is 18.5. The molecule has 0 bridgehead atoms. The van der Waals surface area contributed by atoms with Crippen LogP contribution < -0.4 is 5.73 Å². The van der Waals surface area contributed by atoms with Crippen LogP contribution >= 0.6 is 0 Å². The number of amidine groups is 1. The molecule has 6 aromatic rings. The number of hydrogen-bond donors (Lipinski definition) is 1. The maximum atomic E-state index is 8.55. The molecule has 5 aromatic carbocycles. The Bertz CT molecular complexity index is 2000. The Labute approximate surface area is 240 Å². The van der Waals surface area contributed by atoms with Crippen LogP contribution in [0.3, 0.4) is 0 Å². The zero-order valence-electron chi connectivity index (χ0n) is 26.5. The van der Waals surface area contributed by atoms with Crippen LogP contribution in [0.2, 0.25) is 0 Å². The van der Waals surface area contributed by atoms with Crippen molar-refractivity contribution >= 4 is 5.84 Å². The second-order valence-corrected chi connectivity index (χ2v) is 9.02. The van der Waals surface area contributed by atoms with E-state index in [1.54, 1.807) is 0 Å². The van der Waals surface area contributed by atoms with E-state index in [0.717, 1.165) is 22.3 Å². The van der Waals surface area contributed by atoms with Crippen LogP contribution in [-0.4, -0.2) is 20.8 Å². The molecular formula is C35H27N5. The summed E-state index contributed by atoms with van der Waals surface area (Å²) in [6.07, 6.45) is 0. The second kappa shape index (κ2) is 11.5. The summed E-state index contributed by atoms with van der Waals surface area (Å²) in [7, 11) is 0. The molecule has 0 atom stereocenters. The zero-order valence-corrected chi connectivity index (χ0v) is 21.5. The van der Waals surface area contributed by atoms with Gasteiger partial charge in [-0.05, 0) is 22.8 Å². The third-order valence-corrected chi connectivity index (χ3v) is 6.30. The first-order valence-corrected chi connectivity index (χ1v) is 12.7. The molecule has 1 aromatic heterocycles. The van der Waals surface area contributed by atoms with Crippen molar-refractivity contribution in [3.8, 4) is 45.3 Å². The van der Waals surface area contributed by atoms with E-state index in [9.17, 15) is 0 Å². The molecule has 0 spiro atoms. The summed E-state index contributed by atoms with van der Waals surface area (Å²) in [5.74, 6) is 1.04. The highest BCUT2D eigenvalue weighted by Crippen LogP contribution is 2.28. The van der Waals surface area contributed by atoms with E-state index >= 15 is 0 Å². The lowest BCUT2D eigenvalue weighted by Crippen LogP contribution is -2.13. The first kappa shape index (κ1) is 19.6. The highest BCUT2D eigenvalue weighted by atomic mass is 15.0. The molecule has 40 heavy (non-hydrogen) atoms. The predicted molar refractivity (Wildman–Crippen MR) is 162 cm³/mol. The quantitative estimate of drug-likeness (QED) is 0.175. The fourth-order valence-electron chi connectivity index (χ4n) is 4.21. The maximum Gasteiger partial charge on any atom is 0.164 e. The van der Waals surface area contributed by atoms with Crippen molar-refractivity contribution in [1.29, 1.82) is 0 Å². The molecular weight excluding hydrogens is 490 g/mol. The largest absolute Gasteiger partial charge is 0.383 e. The smallest absolute Gasteiger partial charge is 0.164 e. The Kier molecular flexibility index (Phi) is 5.66. The lowest BCUT2D eigenvalue weighted by Gasteiger charge is -2.10. The Morgan fingerprint density at radius 3 is 1.85 bits per heavy atom. The highest BCUT2D eigenvalue weighted by Gasteiger charge is 2.13. The summed E-state index contributed by atoms with van der Waals surface area (Å²) in [6.45, 7) is 0.378. The van der Waals surface area contributed by atoms with E-state index in [4.69, 9.17) is 17.6 Å². The molecule has 0 unspecified atom stereocenters. The number of nitrogens with two attached hydrogens (primary N) is 1. The number of aromatic nitrogens is 3. The second-order valence-electron chi connectivity index (χ2n) is 9.02. The molecule has 0 amide bonds. The van der Waals surface area contributed by atoms with Crippen molar-refractivity contribution in [2.75, 3.05) is 0 Å². The van der Waals surface area contributed by atoms with E-state index in [1.165, 1.54) is 0 Å². The van der Waals surface area contributed by atoms with Crippen LogP contribution in [0.5, 0.6) is 0 Å². The first-order valence-electron chi connectivity index (χ1n) is 15.2. The topological polar surface area (TPSA) is 77.0 Å². The van der Waals surface area contributed by atoms with Gasteiger partial charge in [0.2, 0.25) is 0 Å². The standard InChI is InChI=1S/C35H27N5/c36-32(27-13-6-2-7-14-27)37-24-25-19-21-29(22-20-25)34-38-33(28-15-8-3-9-16-28)39-35(40-34)31-18-10-17-30(23-31)26-11-4-1-5-12-26/h1-23H,24H2,(H2,36,37)/i3D,8D,9D,15D,16D. The minimum Gasteiger partial charge on any atom is -0.383 e. The van der Waals surface area contributed by atoms with Crippen molar-refractivity contribution in [2.24, 2.45) is 10.7 Å². The third-order valence-electron chi connectivity index (χ3n) is 6.30. The van der Waals surface area contributed by atoms with Gasteiger partial charge in [-0.15, -0.1) is 0 Å². The molecule has 1 heterocycles. The number of nitrogens with zero attached hydrogens (tertiary/aromatic N) is 4. The lowest BCUT2D eigenvalue weighted by atomic mass is 10.0. The van der Waals surface area contributed by atoms with E-state index in [0.29, 0.717) is 35.2 Å². The monoisotopic (exact) mass is 522 g/mol. The average Bonchev–Trinajstić information content (AvgIpc) is 3.10. The van der Waals surface area contributed by atoms with Gasteiger partial charge in [-0.2, -0.15) is 0 Å². The normalized spacial score (nSPS) is 13.1. The van der Waals surface area contributed by atoms with E-state index < -0.39 is 18.1 Å². The number of aliphatic imine (C=N–C) groups is 1. The molecule has 6 rings (SSSR count). The summed E-state index contributed by atoms with van der Waals surface area (Å²) in [6, 6.07) is 32.5. The minimum atomic E-state index is -0.482. The van der Waals surface area contributed by atoms with Crippen molar-refractivity contribution in [3.63, 3.8) is 0 Å². The molecule has 0 fully saturated rings. The van der Waals surface area contributed by atoms with Crippen molar-refractivity contribution in [1.82, 2.24) is 15.0 Å². The lowest BCUT2D eigenvalue weighted by molar-refractivity contribution is 1.05. The molecule has 0 aliphatic carbocycles. The molecule has 5 heteroatoms.